The van der Waals surface area contributed by atoms with Crippen molar-refractivity contribution in [1.29, 1.82) is 0 Å². The van der Waals surface area contributed by atoms with Gasteiger partial charge in [0.2, 0.25) is 0 Å². The first kappa shape index (κ1) is 20.8. The Kier molecular flexibility index (Phi) is 5.20. The molecule has 1 saturated heterocycles. The molecule has 8 heteroatoms. The largest absolute Gasteiger partial charge is 0.365 e. The zero-order chi connectivity index (χ0) is 22.5. The van der Waals surface area contributed by atoms with Crippen molar-refractivity contribution in [1.82, 2.24) is 20.1 Å². The van der Waals surface area contributed by atoms with Gasteiger partial charge in [0.05, 0.1) is 22.8 Å². The number of pyridine rings is 1. The minimum atomic E-state index is -0.0585. The third kappa shape index (κ3) is 3.64. The van der Waals surface area contributed by atoms with E-state index in [1.54, 1.807) is 23.6 Å². The van der Waals surface area contributed by atoms with E-state index in [1.807, 2.05) is 13.1 Å². The standard InChI is InChI=1S/C25H24ClN5OS/c1-15-4-7-29-31(25(15)32)14-19-11-22-24(33-19)20(5-6-28-22)21-10-17(26)9-16-3-2-8-30(23(16)21)18-12-27-13-18/h4-7,9-11,18,27H,2-3,8,12-14H2,1H3. The Balaban J connectivity index is 1.48. The highest BCUT2D eigenvalue weighted by atomic mass is 35.5. The summed E-state index contributed by atoms with van der Waals surface area (Å²) in [6, 6.07) is 10.7. The smallest absolute Gasteiger partial charge is 0.269 e. The second-order valence-electron chi connectivity index (χ2n) is 8.83. The molecule has 0 aliphatic carbocycles. The zero-order valence-electron chi connectivity index (χ0n) is 18.3. The molecule has 168 valence electrons. The van der Waals surface area contributed by atoms with E-state index in [0.29, 0.717) is 18.2 Å². The minimum Gasteiger partial charge on any atom is -0.365 e. The van der Waals surface area contributed by atoms with Crippen molar-refractivity contribution in [2.75, 3.05) is 24.5 Å². The van der Waals surface area contributed by atoms with Gasteiger partial charge >= 0.3 is 0 Å². The predicted molar refractivity (Wildman–Crippen MR) is 135 cm³/mol. The Hall–Kier alpha value is -2.74. The number of benzene rings is 1. The number of thiophene rings is 1. The van der Waals surface area contributed by atoms with Crippen LogP contribution in [0.15, 0.2) is 47.5 Å². The van der Waals surface area contributed by atoms with Gasteiger partial charge in [-0.25, -0.2) is 4.68 Å². The summed E-state index contributed by atoms with van der Waals surface area (Å²) in [6.45, 7) is 5.37. The van der Waals surface area contributed by atoms with E-state index in [-0.39, 0.29) is 5.56 Å². The van der Waals surface area contributed by atoms with Crippen LogP contribution >= 0.6 is 22.9 Å². The van der Waals surface area contributed by atoms with E-state index >= 15 is 0 Å². The second kappa shape index (κ2) is 8.24. The third-order valence-corrected chi connectivity index (χ3v) is 8.01. The topological polar surface area (TPSA) is 63.1 Å². The third-order valence-electron chi connectivity index (χ3n) is 6.65. The van der Waals surface area contributed by atoms with E-state index < -0.39 is 0 Å². The predicted octanol–water partition coefficient (Wildman–Crippen LogP) is 4.25. The quantitative estimate of drug-likeness (QED) is 0.476. The van der Waals surface area contributed by atoms with Crippen LogP contribution in [0.2, 0.25) is 5.02 Å². The fourth-order valence-corrected chi connectivity index (χ4v) is 6.26. The van der Waals surface area contributed by atoms with Crippen molar-refractivity contribution in [3.05, 3.63) is 74.1 Å². The van der Waals surface area contributed by atoms with E-state index in [2.05, 4.69) is 44.6 Å². The first-order chi connectivity index (χ1) is 16.1. The second-order valence-corrected chi connectivity index (χ2v) is 10.4. The van der Waals surface area contributed by atoms with Gasteiger partial charge in [-0.1, -0.05) is 11.6 Å². The molecule has 4 aromatic rings. The summed E-state index contributed by atoms with van der Waals surface area (Å²) < 4.78 is 2.64. The number of fused-ring (bicyclic) bond motifs is 2. The van der Waals surface area contributed by atoms with Crippen molar-refractivity contribution < 1.29 is 0 Å². The van der Waals surface area contributed by atoms with Gasteiger partial charge in [-0.2, -0.15) is 5.10 Å². The van der Waals surface area contributed by atoms with Crippen LogP contribution < -0.4 is 15.8 Å². The molecule has 0 amide bonds. The van der Waals surface area contributed by atoms with Crippen molar-refractivity contribution >= 4 is 38.8 Å². The minimum absolute atomic E-state index is 0.0585. The molecule has 6 nitrogen and oxygen atoms in total. The average molecular weight is 478 g/mol. The molecule has 1 fully saturated rings. The maximum Gasteiger partial charge on any atom is 0.269 e. The molecule has 0 spiro atoms. The van der Waals surface area contributed by atoms with Crippen LogP contribution in [0.25, 0.3) is 21.3 Å². The average Bonchev–Trinajstić information content (AvgIpc) is 3.18. The number of nitrogens with zero attached hydrogens (tertiary/aromatic N) is 4. The highest BCUT2D eigenvalue weighted by molar-refractivity contribution is 7.19. The van der Waals surface area contributed by atoms with Crippen LogP contribution in [0, 0.1) is 6.92 Å². The molecule has 33 heavy (non-hydrogen) atoms. The van der Waals surface area contributed by atoms with Crippen molar-refractivity contribution in [2.45, 2.75) is 32.4 Å². The number of anilines is 1. The molecule has 0 radical (unpaired) electrons. The van der Waals surface area contributed by atoms with Gasteiger partial charge in [-0.05, 0) is 55.7 Å². The van der Waals surface area contributed by atoms with E-state index in [4.69, 9.17) is 11.6 Å². The summed E-state index contributed by atoms with van der Waals surface area (Å²) >= 11 is 8.29. The maximum absolute atomic E-state index is 12.5. The van der Waals surface area contributed by atoms with Crippen LogP contribution in [0.1, 0.15) is 22.4 Å². The van der Waals surface area contributed by atoms with Crippen molar-refractivity contribution in [3.63, 3.8) is 0 Å². The van der Waals surface area contributed by atoms with Crippen molar-refractivity contribution in [3.8, 4) is 11.1 Å². The highest BCUT2D eigenvalue weighted by Crippen LogP contribution is 2.44. The molecule has 2 aliphatic rings. The normalized spacial score (nSPS) is 16.1. The van der Waals surface area contributed by atoms with E-state index in [9.17, 15) is 4.79 Å². The van der Waals surface area contributed by atoms with Crippen LogP contribution in [0.4, 0.5) is 5.69 Å². The van der Waals surface area contributed by atoms with E-state index in [0.717, 1.165) is 58.2 Å². The van der Waals surface area contributed by atoms with Crippen LogP contribution in [-0.4, -0.2) is 40.4 Å². The van der Waals surface area contributed by atoms with Gasteiger partial charge in [-0.15, -0.1) is 11.3 Å². The summed E-state index contributed by atoms with van der Waals surface area (Å²) in [5.74, 6) is 0. The van der Waals surface area contributed by atoms with Crippen LogP contribution in [0.3, 0.4) is 0 Å². The molecule has 1 aromatic carbocycles. The molecular weight excluding hydrogens is 454 g/mol. The number of hydrogen-bond acceptors (Lipinski definition) is 6. The van der Waals surface area contributed by atoms with Gasteiger partial charge in [0.15, 0.2) is 0 Å². The molecule has 3 aromatic heterocycles. The monoisotopic (exact) mass is 477 g/mol. The molecule has 0 bridgehead atoms. The van der Waals surface area contributed by atoms with Gasteiger partial charge in [-0.3, -0.25) is 9.78 Å². The Labute approximate surface area is 200 Å². The summed E-state index contributed by atoms with van der Waals surface area (Å²) in [6.07, 6.45) is 5.74. The molecule has 0 saturated carbocycles. The van der Waals surface area contributed by atoms with Gasteiger partial charge in [0.25, 0.3) is 5.56 Å². The molecule has 2 aliphatic heterocycles. The van der Waals surface area contributed by atoms with Gasteiger partial charge in [0.1, 0.15) is 0 Å². The number of hydrogen-bond donors (Lipinski definition) is 1. The lowest BCUT2D eigenvalue weighted by Crippen LogP contribution is -2.58. The summed E-state index contributed by atoms with van der Waals surface area (Å²) in [5, 5.41) is 8.45. The maximum atomic E-state index is 12.5. The van der Waals surface area contributed by atoms with Crippen LogP contribution in [0.5, 0.6) is 0 Å². The Morgan fingerprint density at radius 2 is 2.06 bits per heavy atom. The number of halogens is 1. The lowest BCUT2D eigenvalue weighted by atomic mass is 9.92. The fraction of sp³-hybridized carbons (Fsp3) is 0.320. The van der Waals surface area contributed by atoms with Crippen LogP contribution in [-0.2, 0) is 13.0 Å². The first-order valence-corrected chi connectivity index (χ1v) is 12.5. The summed E-state index contributed by atoms with van der Waals surface area (Å²) in [4.78, 5) is 20.7. The molecule has 0 unspecified atom stereocenters. The first-order valence-electron chi connectivity index (χ1n) is 11.3. The lowest BCUT2D eigenvalue weighted by Gasteiger charge is -2.44. The number of aryl methyl sites for hydroxylation is 2. The number of nitrogens with one attached hydrogen (secondary N) is 1. The lowest BCUT2D eigenvalue weighted by molar-refractivity contribution is 0.406. The highest BCUT2D eigenvalue weighted by Gasteiger charge is 2.31. The summed E-state index contributed by atoms with van der Waals surface area (Å²) in [7, 11) is 0. The Morgan fingerprint density at radius 3 is 2.88 bits per heavy atom. The van der Waals surface area contributed by atoms with E-state index in [1.165, 1.54) is 21.5 Å². The van der Waals surface area contributed by atoms with Crippen molar-refractivity contribution in [2.24, 2.45) is 0 Å². The zero-order valence-corrected chi connectivity index (χ0v) is 19.9. The van der Waals surface area contributed by atoms with Gasteiger partial charge in [0, 0.05) is 64.3 Å². The SMILES string of the molecule is Cc1ccnn(Cc2cc3nccc(-c4cc(Cl)cc5c4N(C4CNC4)CCC5)c3s2)c1=O. The Morgan fingerprint density at radius 1 is 1.18 bits per heavy atom. The molecular formula is C25H24ClN5OS. The molecule has 5 heterocycles. The molecule has 6 rings (SSSR count). The number of rotatable bonds is 4. The van der Waals surface area contributed by atoms with Gasteiger partial charge < -0.3 is 10.2 Å². The fourth-order valence-electron chi connectivity index (χ4n) is 4.89. The number of aromatic nitrogens is 3. The molecule has 0 atom stereocenters. The Bertz CT molecular complexity index is 1420. The summed E-state index contributed by atoms with van der Waals surface area (Å²) in [5.41, 5.74) is 6.55. The molecule has 1 N–H and O–H groups in total.